The van der Waals surface area contributed by atoms with Gasteiger partial charge in [0.1, 0.15) is 0 Å². The van der Waals surface area contributed by atoms with Crippen molar-refractivity contribution in [1.29, 1.82) is 0 Å². The number of nitrogens with one attached hydrogen (secondary N) is 2. The summed E-state index contributed by atoms with van der Waals surface area (Å²) >= 11 is 0. The van der Waals surface area contributed by atoms with Gasteiger partial charge in [0.25, 0.3) is 0 Å². The molecule has 2 N–H and O–H groups in total. The maximum atomic E-state index is 10.9. The molecule has 1 unspecified atom stereocenters. The molecule has 0 heterocycles. The summed E-state index contributed by atoms with van der Waals surface area (Å²) in [6.07, 6.45) is 5.06. The van der Waals surface area contributed by atoms with Crippen LogP contribution in [-0.4, -0.2) is 18.1 Å². The molecule has 0 rings (SSSR count). The van der Waals surface area contributed by atoms with Gasteiger partial charge in [0.2, 0.25) is 0 Å². The molecule has 62 valence electrons. The molecule has 0 aromatic heterocycles. The first-order valence-electron chi connectivity index (χ1n) is 3.59. The van der Waals surface area contributed by atoms with Crippen LogP contribution in [0.15, 0.2) is 0 Å². The summed E-state index contributed by atoms with van der Waals surface area (Å²) in [4.78, 5) is 10.9. The number of carbonyl (C=O) groups excluding carboxylic acids is 1. The normalized spacial score (nSPS) is 11.9. The Balaban J connectivity index is 3.63. The van der Waals surface area contributed by atoms with Gasteiger partial charge in [-0.15, -0.1) is 6.42 Å². The second-order valence-corrected chi connectivity index (χ2v) is 2.66. The van der Waals surface area contributed by atoms with Crippen LogP contribution < -0.4 is 10.6 Å². The average molecular weight is 154 g/mol. The number of amides is 2. The SMILES string of the molecule is C#CC(C)NC(=O)NC(C)C. The number of terminal acetylenes is 1. The van der Waals surface area contributed by atoms with Gasteiger partial charge in [-0.05, 0) is 20.8 Å². The first-order chi connectivity index (χ1) is 5.06. The summed E-state index contributed by atoms with van der Waals surface area (Å²) in [5.41, 5.74) is 0. The van der Waals surface area contributed by atoms with E-state index in [0.717, 1.165) is 0 Å². The first-order valence-corrected chi connectivity index (χ1v) is 3.59. The standard InChI is InChI=1S/C8H14N2O/c1-5-7(4)10-8(11)9-6(2)3/h1,6-7H,2-4H3,(H2,9,10,11). The monoisotopic (exact) mass is 154 g/mol. The van der Waals surface area contributed by atoms with Crippen molar-refractivity contribution in [2.24, 2.45) is 0 Å². The minimum absolute atomic E-state index is 0.139. The maximum absolute atomic E-state index is 10.9. The Morgan fingerprint density at radius 1 is 1.36 bits per heavy atom. The van der Waals surface area contributed by atoms with Crippen LogP contribution in [0.2, 0.25) is 0 Å². The van der Waals surface area contributed by atoms with Crippen molar-refractivity contribution < 1.29 is 4.79 Å². The lowest BCUT2D eigenvalue weighted by Gasteiger charge is -2.11. The third-order valence-electron chi connectivity index (χ3n) is 1.02. The summed E-state index contributed by atoms with van der Waals surface area (Å²) in [5, 5.41) is 5.24. The molecule has 0 fully saturated rings. The van der Waals surface area contributed by atoms with Crippen LogP contribution in [0.3, 0.4) is 0 Å². The molecule has 3 heteroatoms. The van der Waals surface area contributed by atoms with Crippen molar-refractivity contribution in [2.45, 2.75) is 32.9 Å². The van der Waals surface area contributed by atoms with Crippen LogP contribution in [0, 0.1) is 12.3 Å². The lowest BCUT2D eigenvalue weighted by molar-refractivity contribution is 0.237. The van der Waals surface area contributed by atoms with Crippen LogP contribution in [0.1, 0.15) is 20.8 Å². The fourth-order valence-corrected chi connectivity index (χ4v) is 0.542. The van der Waals surface area contributed by atoms with Gasteiger partial charge < -0.3 is 10.6 Å². The number of hydrogen-bond acceptors (Lipinski definition) is 1. The summed E-state index contributed by atoms with van der Waals surface area (Å²) in [6.45, 7) is 5.53. The van der Waals surface area contributed by atoms with Gasteiger partial charge in [0.15, 0.2) is 0 Å². The van der Waals surface area contributed by atoms with E-state index in [1.807, 2.05) is 13.8 Å². The van der Waals surface area contributed by atoms with E-state index in [1.54, 1.807) is 6.92 Å². The van der Waals surface area contributed by atoms with Crippen molar-refractivity contribution in [1.82, 2.24) is 10.6 Å². The van der Waals surface area contributed by atoms with E-state index in [0.29, 0.717) is 0 Å². The third-order valence-corrected chi connectivity index (χ3v) is 1.02. The molecule has 0 aliphatic heterocycles. The van der Waals surface area contributed by atoms with Crippen molar-refractivity contribution in [3.05, 3.63) is 0 Å². The number of urea groups is 1. The number of rotatable bonds is 2. The van der Waals surface area contributed by atoms with Gasteiger partial charge in [0, 0.05) is 6.04 Å². The molecule has 0 spiro atoms. The predicted octanol–water partition coefficient (Wildman–Crippen LogP) is 0.716. The van der Waals surface area contributed by atoms with Crippen molar-refractivity contribution in [3.8, 4) is 12.3 Å². The molecule has 0 aromatic carbocycles. The lowest BCUT2D eigenvalue weighted by atomic mass is 10.3. The second kappa shape index (κ2) is 4.62. The van der Waals surface area contributed by atoms with Gasteiger partial charge in [-0.2, -0.15) is 0 Å². The van der Waals surface area contributed by atoms with Crippen LogP contribution in [0.5, 0.6) is 0 Å². The molecule has 3 nitrogen and oxygen atoms in total. The van der Waals surface area contributed by atoms with Crippen LogP contribution in [0.4, 0.5) is 4.79 Å². The van der Waals surface area contributed by atoms with Crippen LogP contribution in [0.25, 0.3) is 0 Å². The quantitative estimate of drug-likeness (QED) is 0.565. The summed E-state index contributed by atoms with van der Waals surface area (Å²) in [5.74, 6) is 2.40. The summed E-state index contributed by atoms with van der Waals surface area (Å²) < 4.78 is 0. The zero-order valence-electron chi connectivity index (χ0n) is 7.14. The van der Waals surface area contributed by atoms with E-state index in [2.05, 4.69) is 16.6 Å². The molecule has 11 heavy (non-hydrogen) atoms. The highest BCUT2D eigenvalue weighted by atomic mass is 16.2. The van der Waals surface area contributed by atoms with Crippen molar-refractivity contribution in [3.63, 3.8) is 0 Å². The maximum Gasteiger partial charge on any atom is 0.315 e. The fourth-order valence-electron chi connectivity index (χ4n) is 0.542. The highest BCUT2D eigenvalue weighted by Gasteiger charge is 2.03. The van der Waals surface area contributed by atoms with Gasteiger partial charge in [-0.3, -0.25) is 0 Å². The summed E-state index contributed by atoms with van der Waals surface area (Å²) in [6, 6.07) is -0.292. The Kier molecular flexibility index (Phi) is 4.12. The number of carbonyl (C=O) groups is 1. The van der Waals surface area contributed by atoms with Crippen LogP contribution >= 0.6 is 0 Å². The van der Waals surface area contributed by atoms with Gasteiger partial charge in [-0.25, -0.2) is 4.79 Å². The molecule has 0 bridgehead atoms. The molecule has 0 aliphatic rings. The topological polar surface area (TPSA) is 41.1 Å². The van der Waals surface area contributed by atoms with Crippen LogP contribution in [-0.2, 0) is 0 Å². The molecule has 0 aliphatic carbocycles. The zero-order valence-corrected chi connectivity index (χ0v) is 7.14. The van der Waals surface area contributed by atoms with E-state index >= 15 is 0 Å². The molecule has 0 saturated heterocycles. The third kappa shape index (κ3) is 5.28. The van der Waals surface area contributed by atoms with Crippen molar-refractivity contribution in [2.75, 3.05) is 0 Å². The van der Waals surface area contributed by atoms with Gasteiger partial charge >= 0.3 is 6.03 Å². The van der Waals surface area contributed by atoms with E-state index in [9.17, 15) is 4.79 Å². The summed E-state index contributed by atoms with van der Waals surface area (Å²) in [7, 11) is 0. The Bertz CT molecular complexity index is 169. The highest BCUT2D eigenvalue weighted by molar-refractivity contribution is 5.74. The zero-order chi connectivity index (χ0) is 8.85. The number of hydrogen-bond donors (Lipinski definition) is 2. The molecular weight excluding hydrogens is 140 g/mol. The largest absolute Gasteiger partial charge is 0.336 e. The molecule has 1 atom stereocenters. The average Bonchev–Trinajstić information content (AvgIpc) is 1.85. The van der Waals surface area contributed by atoms with Gasteiger partial charge in [-0.1, -0.05) is 5.92 Å². The molecule has 0 saturated carbocycles. The highest BCUT2D eigenvalue weighted by Crippen LogP contribution is 1.79. The van der Waals surface area contributed by atoms with E-state index in [1.165, 1.54) is 0 Å². The lowest BCUT2D eigenvalue weighted by Crippen LogP contribution is -2.43. The van der Waals surface area contributed by atoms with E-state index in [-0.39, 0.29) is 18.1 Å². The van der Waals surface area contributed by atoms with Gasteiger partial charge in [0.05, 0.1) is 6.04 Å². The molecule has 0 aromatic rings. The predicted molar refractivity (Wildman–Crippen MR) is 45.1 cm³/mol. The minimum Gasteiger partial charge on any atom is -0.336 e. The Labute approximate surface area is 67.6 Å². The minimum atomic E-state index is -0.217. The molecule has 2 amide bonds. The molecule has 0 radical (unpaired) electrons. The Hall–Kier alpha value is -1.17. The van der Waals surface area contributed by atoms with Crippen molar-refractivity contribution >= 4 is 6.03 Å². The van der Waals surface area contributed by atoms with E-state index < -0.39 is 0 Å². The second-order valence-electron chi connectivity index (χ2n) is 2.66. The van der Waals surface area contributed by atoms with E-state index in [4.69, 9.17) is 6.42 Å². The molecular formula is C8H14N2O. The smallest absolute Gasteiger partial charge is 0.315 e. The first kappa shape index (κ1) is 9.83. The Morgan fingerprint density at radius 3 is 2.27 bits per heavy atom. The fraction of sp³-hybridized carbons (Fsp3) is 0.625. The Morgan fingerprint density at radius 2 is 1.91 bits per heavy atom.